The van der Waals surface area contributed by atoms with E-state index in [0.29, 0.717) is 49.4 Å². The third kappa shape index (κ3) is 7.68. The van der Waals surface area contributed by atoms with E-state index in [0.717, 1.165) is 25.2 Å². The van der Waals surface area contributed by atoms with E-state index >= 15 is 0 Å². The fourth-order valence-corrected chi connectivity index (χ4v) is 7.50. The number of rotatable bonds is 13. The van der Waals surface area contributed by atoms with Crippen molar-refractivity contribution < 1.29 is 31.8 Å². The van der Waals surface area contributed by atoms with Gasteiger partial charge in [0.05, 0.1) is 30.8 Å². The molecule has 0 aliphatic carbocycles. The van der Waals surface area contributed by atoms with Crippen LogP contribution in [0.2, 0.25) is 0 Å². The van der Waals surface area contributed by atoms with Gasteiger partial charge in [-0.2, -0.15) is 4.31 Å². The van der Waals surface area contributed by atoms with Gasteiger partial charge in [-0.05, 0) is 93.6 Å². The second-order valence-corrected chi connectivity index (χ2v) is 13.2. The van der Waals surface area contributed by atoms with Gasteiger partial charge in [-0.25, -0.2) is 12.8 Å². The summed E-state index contributed by atoms with van der Waals surface area (Å²) in [6.45, 7) is 8.02. The number of likely N-dealkylation sites (tertiary alicyclic amines) is 2. The van der Waals surface area contributed by atoms with Crippen LogP contribution < -0.4 is 4.74 Å². The molecule has 11 heteroatoms. The van der Waals surface area contributed by atoms with Crippen LogP contribution in [0.1, 0.15) is 42.4 Å². The Morgan fingerprint density at radius 2 is 1.69 bits per heavy atom. The average molecular weight is 606 g/mol. The molecule has 2 aliphatic heterocycles. The number of methoxy groups -OCH3 is 1. The summed E-state index contributed by atoms with van der Waals surface area (Å²) in [4.78, 5) is 17.3. The predicted octanol–water partition coefficient (Wildman–Crippen LogP) is 3.72. The Morgan fingerprint density at radius 1 is 1.02 bits per heavy atom. The topological polar surface area (TPSA) is 88.6 Å². The molecule has 0 spiro atoms. The van der Waals surface area contributed by atoms with E-state index in [1.54, 1.807) is 44.1 Å². The second-order valence-electron chi connectivity index (χ2n) is 11.3. The molecule has 0 aromatic heterocycles. The lowest BCUT2D eigenvalue weighted by molar-refractivity contribution is -0.144. The first-order chi connectivity index (χ1) is 20.1. The number of piperidine rings is 1. The van der Waals surface area contributed by atoms with Gasteiger partial charge in [0.15, 0.2) is 0 Å². The van der Waals surface area contributed by atoms with Gasteiger partial charge in [0.1, 0.15) is 18.2 Å². The number of sulfonamides is 1. The lowest BCUT2D eigenvalue weighted by Gasteiger charge is -2.42. The fraction of sp³-hybridized carbons (Fsp3) is 0.581. The molecule has 0 radical (unpaired) electrons. The predicted molar refractivity (Wildman–Crippen MR) is 159 cm³/mol. The number of nitrogens with zero attached hydrogens (tertiary/aromatic N) is 3. The average Bonchev–Trinajstić information content (AvgIpc) is 3.48. The van der Waals surface area contributed by atoms with Crippen molar-refractivity contribution in [3.63, 3.8) is 0 Å². The molecule has 2 saturated heterocycles. The SMILES string of the molecule is COc1cc(C)c(S(=O)(=O)N(C)CCOCC(=O)N2CCC(OCCN3CCCC3)(c3cccc(F)c3)CC2)c(C)c1. The smallest absolute Gasteiger partial charge is 0.248 e. The molecule has 1 amide bonds. The number of halogens is 1. The van der Waals surface area contributed by atoms with Crippen LogP contribution in [-0.4, -0.2) is 102 Å². The first kappa shape index (κ1) is 32.3. The summed E-state index contributed by atoms with van der Waals surface area (Å²) in [5, 5.41) is 0. The Labute approximate surface area is 249 Å². The lowest BCUT2D eigenvalue weighted by Crippen LogP contribution is -2.48. The normalized spacial score (nSPS) is 17.6. The molecule has 0 saturated carbocycles. The zero-order valence-electron chi connectivity index (χ0n) is 25.2. The number of carbonyl (C=O) groups excluding carboxylic acids is 1. The Kier molecular flexibility index (Phi) is 11.0. The van der Waals surface area contributed by atoms with Crippen LogP contribution in [0, 0.1) is 19.7 Å². The van der Waals surface area contributed by atoms with Crippen molar-refractivity contribution in [1.29, 1.82) is 0 Å². The first-order valence-corrected chi connectivity index (χ1v) is 16.1. The fourth-order valence-electron chi connectivity index (χ4n) is 5.94. The maximum atomic E-state index is 14.1. The third-order valence-corrected chi connectivity index (χ3v) is 10.5. The van der Waals surface area contributed by atoms with Crippen LogP contribution in [0.25, 0.3) is 0 Å². The monoisotopic (exact) mass is 605 g/mol. The second kappa shape index (κ2) is 14.3. The van der Waals surface area contributed by atoms with Gasteiger partial charge in [-0.3, -0.25) is 4.79 Å². The highest BCUT2D eigenvalue weighted by Gasteiger charge is 2.39. The molecule has 2 fully saturated rings. The summed E-state index contributed by atoms with van der Waals surface area (Å²) in [6, 6.07) is 9.97. The summed E-state index contributed by atoms with van der Waals surface area (Å²) >= 11 is 0. The van der Waals surface area contributed by atoms with Gasteiger partial charge in [0.25, 0.3) is 0 Å². The number of carbonyl (C=O) groups is 1. The van der Waals surface area contributed by atoms with E-state index in [1.807, 2.05) is 6.07 Å². The molecule has 2 heterocycles. The van der Waals surface area contributed by atoms with Gasteiger partial charge >= 0.3 is 0 Å². The zero-order valence-corrected chi connectivity index (χ0v) is 26.1. The highest BCUT2D eigenvalue weighted by atomic mass is 32.2. The van der Waals surface area contributed by atoms with Gasteiger partial charge in [0.2, 0.25) is 15.9 Å². The molecule has 2 aromatic rings. The number of ether oxygens (including phenoxy) is 3. The Bertz CT molecular complexity index is 1300. The van der Waals surface area contributed by atoms with Gasteiger partial charge in [-0.1, -0.05) is 12.1 Å². The van der Waals surface area contributed by atoms with Crippen molar-refractivity contribution in [2.24, 2.45) is 0 Å². The number of aryl methyl sites for hydroxylation is 2. The summed E-state index contributed by atoms with van der Waals surface area (Å²) in [6.07, 6.45) is 3.54. The number of likely N-dealkylation sites (N-methyl/N-ethyl adjacent to an activating group) is 1. The van der Waals surface area contributed by atoms with Crippen LogP contribution in [0.3, 0.4) is 0 Å². The molecule has 0 bridgehead atoms. The van der Waals surface area contributed by atoms with Crippen molar-refractivity contribution in [1.82, 2.24) is 14.1 Å². The number of hydrogen-bond donors (Lipinski definition) is 0. The minimum absolute atomic E-state index is 0.0798. The van der Waals surface area contributed by atoms with E-state index in [-0.39, 0.29) is 36.4 Å². The first-order valence-electron chi connectivity index (χ1n) is 14.7. The third-order valence-electron chi connectivity index (χ3n) is 8.37. The van der Waals surface area contributed by atoms with Crippen molar-refractivity contribution in [2.45, 2.75) is 50.0 Å². The molecule has 0 atom stereocenters. The summed E-state index contributed by atoms with van der Waals surface area (Å²) < 4.78 is 59.2. The van der Waals surface area contributed by atoms with E-state index in [4.69, 9.17) is 14.2 Å². The Hall–Kier alpha value is -2.57. The van der Waals surface area contributed by atoms with E-state index in [9.17, 15) is 17.6 Å². The molecular weight excluding hydrogens is 561 g/mol. The van der Waals surface area contributed by atoms with Crippen LogP contribution in [0.15, 0.2) is 41.3 Å². The van der Waals surface area contributed by atoms with Gasteiger partial charge in [0, 0.05) is 33.2 Å². The molecule has 0 unspecified atom stereocenters. The van der Waals surface area contributed by atoms with Crippen molar-refractivity contribution in [2.75, 3.05) is 73.2 Å². The molecule has 9 nitrogen and oxygen atoms in total. The summed E-state index contributed by atoms with van der Waals surface area (Å²) in [5.74, 6) is 0.145. The van der Waals surface area contributed by atoms with Gasteiger partial charge < -0.3 is 24.0 Å². The van der Waals surface area contributed by atoms with Crippen molar-refractivity contribution >= 4 is 15.9 Å². The summed E-state index contributed by atoms with van der Waals surface area (Å²) in [7, 11) is -0.696. The van der Waals surface area contributed by atoms with Crippen LogP contribution in [0.4, 0.5) is 4.39 Å². The quantitative estimate of drug-likeness (QED) is 0.322. The molecule has 2 aromatic carbocycles. The van der Waals surface area contributed by atoms with Crippen molar-refractivity contribution in [3.8, 4) is 5.75 Å². The minimum Gasteiger partial charge on any atom is -0.497 e. The highest BCUT2D eigenvalue weighted by molar-refractivity contribution is 7.89. The highest BCUT2D eigenvalue weighted by Crippen LogP contribution is 2.37. The largest absolute Gasteiger partial charge is 0.497 e. The molecule has 4 rings (SSSR count). The minimum atomic E-state index is -3.74. The number of hydrogen-bond acceptors (Lipinski definition) is 7. The Morgan fingerprint density at radius 3 is 2.31 bits per heavy atom. The van der Waals surface area contributed by atoms with E-state index < -0.39 is 15.6 Å². The molecule has 2 aliphatic rings. The molecule has 42 heavy (non-hydrogen) atoms. The maximum absolute atomic E-state index is 14.1. The van der Waals surface area contributed by atoms with Crippen LogP contribution in [-0.2, 0) is 29.9 Å². The van der Waals surface area contributed by atoms with E-state index in [1.165, 1.54) is 36.3 Å². The molecule has 232 valence electrons. The lowest BCUT2D eigenvalue weighted by atomic mass is 9.84. The van der Waals surface area contributed by atoms with Crippen molar-refractivity contribution in [3.05, 3.63) is 58.9 Å². The number of benzene rings is 2. The van der Waals surface area contributed by atoms with Crippen LogP contribution >= 0.6 is 0 Å². The summed E-state index contributed by atoms with van der Waals surface area (Å²) in [5.41, 5.74) is 1.37. The Balaban J connectivity index is 1.28. The van der Waals surface area contributed by atoms with E-state index in [2.05, 4.69) is 4.90 Å². The standard InChI is InChI=1S/C31H44FN3O6S/c1-24-20-28(39-4)21-25(2)30(24)42(37,38)33(3)16-18-40-23-29(36)35-14-10-31(11-15-35,26-8-7-9-27(32)22-26)41-19-17-34-12-5-6-13-34/h7-9,20-22H,5-6,10-19,23H2,1-4H3. The van der Waals surface area contributed by atoms with Gasteiger partial charge in [-0.15, -0.1) is 0 Å². The number of amides is 1. The molecule has 0 N–H and O–H groups in total. The zero-order chi connectivity index (χ0) is 30.3. The molecular formula is C31H44FN3O6S. The maximum Gasteiger partial charge on any atom is 0.248 e. The van der Waals surface area contributed by atoms with Crippen LogP contribution in [0.5, 0.6) is 5.75 Å².